The summed E-state index contributed by atoms with van der Waals surface area (Å²) in [5.41, 5.74) is 8.58. The highest BCUT2D eigenvalue weighted by atomic mass is 35.5. The molecule has 0 amide bonds. The number of anilines is 2. The normalized spacial score (nSPS) is 13.0. The Labute approximate surface area is 191 Å². The van der Waals surface area contributed by atoms with Gasteiger partial charge in [-0.1, -0.05) is 60.1 Å². The molecule has 3 aromatic carbocycles. The predicted octanol–water partition coefficient (Wildman–Crippen LogP) is 6.74. The number of rotatable bonds is 3. The number of aromatic nitrogens is 3. The molecular formula is C27H21ClN4. The zero-order valence-electron chi connectivity index (χ0n) is 17.7. The Morgan fingerprint density at radius 1 is 0.812 bits per heavy atom. The topological polar surface area (TPSA) is 34.0 Å². The number of fused-ring (bicyclic) bond motifs is 3. The van der Waals surface area contributed by atoms with Crippen molar-refractivity contribution in [3.05, 3.63) is 101 Å². The van der Waals surface area contributed by atoms with Crippen LogP contribution in [0, 0.1) is 6.92 Å². The number of aryl methyl sites for hydroxylation is 1. The van der Waals surface area contributed by atoms with Gasteiger partial charge in [-0.2, -0.15) is 5.10 Å². The van der Waals surface area contributed by atoms with Crippen molar-refractivity contribution in [2.75, 3.05) is 11.4 Å². The Morgan fingerprint density at radius 2 is 1.47 bits per heavy atom. The molecule has 0 saturated carbocycles. The zero-order valence-corrected chi connectivity index (χ0v) is 18.4. The summed E-state index contributed by atoms with van der Waals surface area (Å²) in [4.78, 5) is 7.47. The van der Waals surface area contributed by atoms with Crippen molar-refractivity contribution in [1.29, 1.82) is 0 Å². The Bertz CT molecular complexity index is 1420. The fourth-order valence-corrected chi connectivity index (χ4v) is 4.76. The lowest BCUT2D eigenvalue weighted by Crippen LogP contribution is -2.13. The lowest BCUT2D eigenvalue weighted by Gasteiger charge is -2.21. The maximum Gasteiger partial charge on any atom is 0.165 e. The van der Waals surface area contributed by atoms with Crippen LogP contribution in [0.2, 0.25) is 5.02 Å². The summed E-state index contributed by atoms with van der Waals surface area (Å²) in [5.74, 6) is 0. The molecule has 0 spiro atoms. The standard InChI is InChI=1S/C27H21ClN4/c1-18-23-16-17-31(21-8-4-2-5-9-21)26(23)24-25(19-12-14-20(28)15-13-19)30-32(27(24)29-18)22-10-6-3-7-11-22/h2-15H,16-17H2,1H3. The summed E-state index contributed by atoms with van der Waals surface area (Å²) < 4.78 is 1.97. The molecule has 0 unspecified atom stereocenters. The minimum absolute atomic E-state index is 0.714. The molecule has 0 bridgehead atoms. The monoisotopic (exact) mass is 436 g/mol. The van der Waals surface area contributed by atoms with Gasteiger partial charge in [-0.15, -0.1) is 0 Å². The Kier molecular flexibility index (Phi) is 4.47. The third-order valence-corrected chi connectivity index (χ3v) is 6.39. The summed E-state index contributed by atoms with van der Waals surface area (Å²) in [6.45, 7) is 3.04. The van der Waals surface area contributed by atoms with Crippen molar-refractivity contribution in [2.45, 2.75) is 13.3 Å². The molecule has 0 aliphatic carbocycles. The Hall–Kier alpha value is -3.63. The van der Waals surface area contributed by atoms with Gasteiger partial charge in [0.05, 0.1) is 16.8 Å². The fourth-order valence-electron chi connectivity index (χ4n) is 4.64. The van der Waals surface area contributed by atoms with Crippen LogP contribution in [-0.2, 0) is 6.42 Å². The molecule has 1 aliphatic heterocycles. The van der Waals surface area contributed by atoms with Gasteiger partial charge in [0.1, 0.15) is 5.69 Å². The second kappa shape index (κ2) is 7.50. The first-order chi connectivity index (χ1) is 15.7. The maximum absolute atomic E-state index is 6.19. The molecule has 0 fully saturated rings. The fraction of sp³-hybridized carbons (Fsp3) is 0.111. The summed E-state index contributed by atoms with van der Waals surface area (Å²) >= 11 is 6.19. The zero-order chi connectivity index (χ0) is 21.7. The molecule has 5 heteroatoms. The van der Waals surface area contributed by atoms with E-state index < -0.39 is 0 Å². The number of pyridine rings is 1. The number of hydrogen-bond donors (Lipinski definition) is 0. The van der Waals surface area contributed by atoms with Crippen molar-refractivity contribution in [3.8, 4) is 16.9 Å². The highest BCUT2D eigenvalue weighted by Crippen LogP contribution is 2.45. The van der Waals surface area contributed by atoms with Crippen LogP contribution in [0.5, 0.6) is 0 Å². The van der Waals surface area contributed by atoms with Gasteiger partial charge in [0.15, 0.2) is 5.65 Å². The quantitative estimate of drug-likeness (QED) is 0.314. The molecule has 4 nitrogen and oxygen atoms in total. The van der Waals surface area contributed by atoms with Crippen LogP contribution in [0.3, 0.4) is 0 Å². The van der Waals surface area contributed by atoms with Crippen LogP contribution in [0.4, 0.5) is 11.4 Å². The molecular weight excluding hydrogens is 416 g/mol. The van der Waals surface area contributed by atoms with Crippen molar-refractivity contribution in [1.82, 2.24) is 14.8 Å². The summed E-state index contributed by atoms with van der Waals surface area (Å²) in [6.07, 6.45) is 0.968. The van der Waals surface area contributed by atoms with Crippen molar-refractivity contribution in [3.63, 3.8) is 0 Å². The molecule has 3 heterocycles. The van der Waals surface area contributed by atoms with E-state index in [1.165, 1.54) is 16.9 Å². The maximum atomic E-state index is 6.19. The van der Waals surface area contributed by atoms with Crippen LogP contribution in [0.1, 0.15) is 11.3 Å². The molecule has 1 aliphatic rings. The minimum atomic E-state index is 0.714. The van der Waals surface area contributed by atoms with Gasteiger partial charge in [0.2, 0.25) is 0 Å². The van der Waals surface area contributed by atoms with Gasteiger partial charge in [-0.05, 0) is 55.3 Å². The van der Waals surface area contributed by atoms with Crippen molar-refractivity contribution < 1.29 is 0 Å². The summed E-state index contributed by atoms with van der Waals surface area (Å²) in [5, 5.41) is 6.89. The second-order valence-electron chi connectivity index (χ2n) is 8.06. The van der Waals surface area contributed by atoms with Crippen LogP contribution < -0.4 is 4.90 Å². The molecule has 0 saturated heterocycles. The van der Waals surface area contributed by atoms with Crippen LogP contribution in [0.25, 0.3) is 28.0 Å². The molecule has 156 valence electrons. The molecule has 5 aromatic rings. The van der Waals surface area contributed by atoms with Gasteiger partial charge in [0, 0.05) is 28.5 Å². The third kappa shape index (κ3) is 2.99. The van der Waals surface area contributed by atoms with E-state index in [9.17, 15) is 0 Å². The van der Waals surface area contributed by atoms with E-state index in [0.29, 0.717) is 5.02 Å². The Balaban J connectivity index is 1.70. The lowest BCUT2D eigenvalue weighted by atomic mass is 10.0. The summed E-state index contributed by atoms with van der Waals surface area (Å²) in [7, 11) is 0. The first kappa shape index (κ1) is 19.1. The first-order valence-corrected chi connectivity index (χ1v) is 11.1. The number of para-hydroxylation sites is 2. The van der Waals surface area contributed by atoms with Gasteiger partial charge in [-0.3, -0.25) is 0 Å². The predicted molar refractivity (Wildman–Crippen MR) is 131 cm³/mol. The second-order valence-corrected chi connectivity index (χ2v) is 8.50. The number of nitrogens with zero attached hydrogens (tertiary/aromatic N) is 4. The number of benzene rings is 3. The minimum Gasteiger partial charge on any atom is -0.340 e. The summed E-state index contributed by atoms with van der Waals surface area (Å²) in [6, 6.07) is 28.7. The molecule has 6 rings (SSSR count). The van der Waals surface area contributed by atoms with Crippen LogP contribution in [-0.4, -0.2) is 21.3 Å². The van der Waals surface area contributed by atoms with Crippen LogP contribution in [0.15, 0.2) is 84.9 Å². The average molecular weight is 437 g/mol. The van der Waals surface area contributed by atoms with Gasteiger partial charge in [0.25, 0.3) is 0 Å². The van der Waals surface area contributed by atoms with E-state index in [1.54, 1.807) is 0 Å². The van der Waals surface area contributed by atoms with Crippen molar-refractivity contribution >= 4 is 34.0 Å². The molecule has 32 heavy (non-hydrogen) atoms. The highest BCUT2D eigenvalue weighted by molar-refractivity contribution is 6.30. The van der Waals surface area contributed by atoms with E-state index in [2.05, 4.69) is 54.3 Å². The average Bonchev–Trinajstić information content (AvgIpc) is 3.43. The number of halogens is 1. The molecule has 0 N–H and O–H groups in total. The molecule has 2 aromatic heterocycles. The Morgan fingerprint density at radius 3 is 2.16 bits per heavy atom. The van der Waals surface area contributed by atoms with Crippen molar-refractivity contribution in [2.24, 2.45) is 0 Å². The SMILES string of the molecule is Cc1nc2c(c(-c3ccc(Cl)cc3)nn2-c2ccccc2)c2c1CCN2c1ccccc1. The van der Waals surface area contributed by atoms with E-state index >= 15 is 0 Å². The molecule has 0 atom stereocenters. The van der Waals surface area contributed by atoms with Crippen LogP contribution >= 0.6 is 11.6 Å². The largest absolute Gasteiger partial charge is 0.340 e. The highest BCUT2D eigenvalue weighted by Gasteiger charge is 2.30. The number of hydrogen-bond acceptors (Lipinski definition) is 3. The first-order valence-electron chi connectivity index (χ1n) is 10.8. The third-order valence-electron chi connectivity index (χ3n) is 6.14. The van der Waals surface area contributed by atoms with Gasteiger partial charge >= 0.3 is 0 Å². The lowest BCUT2D eigenvalue weighted by molar-refractivity contribution is 0.896. The van der Waals surface area contributed by atoms with E-state index in [1.807, 2.05) is 47.1 Å². The smallest absolute Gasteiger partial charge is 0.165 e. The van der Waals surface area contributed by atoms with E-state index in [-0.39, 0.29) is 0 Å². The van der Waals surface area contributed by atoms with Gasteiger partial charge in [-0.25, -0.2) is 9.67 Å². The van der Waals surface area contributed by atoms with E-state index in [0.717, 1.165) is 46.6 Å². The van der Waals surface area contributed by atoms with Gasteiger partial charge < -0.3 is 4.90 Å². The van der Waals surface area contributed by atoms with E-state index in [4.69, 9.17) is 21.7 Å². The molecule has 0 radical (unpaired) electrons.